The number of rotatable bonds is 2. The Bertz CT molecular complexity index is 468. The number of carbonyl (C=O) groups excluding carboxylic acids is 1. The highest BCUT2D eigenvalue weighted by Crippen LogP contribution is 2.26. The fourth-order valence-corrected chi connectivity index (χ4v) is 3.77. The van der Waals surface area contributed by atoms with Crippen LogP contribution in [0.5, 0.6) is 0 Å². The first-order valence-electron chi connectivity index (χ1n) is 6.60. The molecular formula is C14H21N3OS. The molecule has 0 bridgehead atoms. The maximum atomic E-state index is 12.6. The molecule has 0 aliphatic carbocycles. The summed E-state index contributed by atoms with van der Waals surface area (Å²) in [6.45, 7) is 7.91. The zero-order chi connectivity index (χ0) is 14.0. The number of aromatic nitrogens is 1. The molecule has 1 N–H and O–H groups in total. The smallest absolute Gasteiger partial charge is 0.254 e. The number of nitrogens with one attached hydrogen (secondary N) is 1. The zero-order valence-corrected chi connectivity index (χ0v) is 12.8. The Hall–Kier alpha value is -1.23. The number of carbonyl (C=O) groups is 1. The summed E-state index contributed by atoms with van der Waals surface area (Å²) < 4.78 is 0. The van der Waals surface area contributed by atoms with E-state index in [4.69, 9.17) is 0 Å². The Balaban J connectivity index is 2.21. The average Bonchev–Trinajstić information content (AvgIpc) is 2.35. The minimum atomic E-state index is 0.112. The van der Waals surface area contributed by atoms with Gasteiger partial charge in [0.1, 0.15) is 5.82 Å². The van der Waals surface area contributed by atoms with E-state index in [1.54, 1.807) is 0 Å². The Morgan fingerprint density at radius 3 is 2.58 bits per heavy atom. The van der Waals surface area contributed by atoms with E-state index in [0.717, 1.165) is 30.2 Å². The molecule has 2 atom stereocenters. The van der Waals surface area contributed by atoms with Crippen molar-refractivity contribution in [2.75, 3.05) is 25.5 Å². The molecule has 104 valence electrons. The molecule has 2 rings (SSSR count). The fourth-order valence-electron chi connectivity index (χ4n) is 2.45. The van der Waals surface area contributed by atoms with Crippen molar-refractivity contribution in [1.29, 1.82) is 0 Å². The van der Waals surface area contributed by atoms with Gasteiger partial charge in [0.05, 0.1) is 0 Å². The van der Waals surface area contributed by atoms with Gasteiger partial charge in [-0.25, -0.2) is 4.98 Å². The van der Waals surface area contributed by atoms with Crippen LogP contribution in [0.1, 0.15) is 29.9 Å². The number of nitrogens with zero attached hydrogens (tertiary/aromatic N) is 2. The number of hydrogen-bond donors (Lipinski definition) is 1. The fraction of sp³-hybridized carbons (Fsp3) is 0.571. The van der Waals surface area contributed by atoms with Crippen molar-refractivity contribution in [3.63, 3.8) is 0 Å². The number of pyridine rings is 1. The van der Waals surface area contributed by atoms with Crippen LogP contribution in [0.4, 0.5) is 5.82 Å². The van der Waals surface area contributed by atoms with Crippen LogP contribution in [0.25, 0.3) is 0 Å². The Kier molecular flexibility index (Phi) is 4.34. The Morgan fingerprint density at radius 1 is 1.37 bits per heavy atom. The molecule has 2 heterocycles. The lowest BCUT2D eigenvalue weighted by molar-refractivity contribution is 0.0753. The maximum absolute atomic E-state index is 12.6. The van der Waals surface area contributed by atoms with Crippen LogP contribution in [0.15, 0.2) is 12.1 Å². The number of thioether (sulfide) groups is 1. The van der Waals surface area contributed by atoms with E-state index in [-0.39, 0.29) is 5.91 Å². The van der Waals surface area contributed by atoms with Crippen LogP contribution >= 0.6 is 11.8 Å². The van der Waals surface area contributed by atoms with E-state index in [0.29, 0.717) is 10.5 Å². The molecule has 1 aliphatic heterocycles. The molecule has 5 heteroatoms. The van der Waals surface area contributed by atoms with E-state index in [9.17, 15) is 4.79 Å². The van der Waals surface area contributed by atoms with Gasteiger partial charge in [0.25, 0.3) is 5.91 Å². The van der Waals surface area contributed by atoms with Crippen LogP contribution in [-0.2, 0) is 0 Å². The Morgan fingerprint density at radius 2 is 2.00 bits per heavy atom. The van der Waals surface area contributed by atoms with Crippen LogP contribution < -0.4 is 5.32 Å². The molecule has 0 saturated carbocycles. The van der Waals surface area contributed by atoms with Crippen LogP contribution in [0, 0.1) is 6.92 Å². The van der Waals surface area contributed by atoms with Crippen molar-refractivity contribution >= 4 is 23.5 Å². The van der Waals surface area contributed by atoms with Crippen LogP contribution in [0.2, 0.25) is 0 Å². The van der Waals surface area contributed by atoms with Crippen molar-refractivity contribution in [2.45, 2.75) is 31.3 Å². The lowest BCUT2D eigenvalue weighted by Gasteiger charge is -2.34. The van der Waals surface area contributed by atoms with E-state index in [1.165, 1.54) is 0 Å². The molecule has 1 aromatic rings. The maximum Gasteiger partial charge on any atom is 0.254 e. The molecule has 2 unspecified atom stereocenters. The van der Waals surface area contributed by atoms with Gasteiger partial charge in [-0.3, -0.25) is 4.79 Å². The van der Waals surface area contributed by atoms with Gasteiger partial charge in [-0.2, -0.15) is 11.8 Å². The largest absolute Gasteiger partial charge is 0.373 e. The molecule has 1 amide bonds. The molecule has 1 fully saturated rings. The van der Waals surface area contributed by atoms with Crippen molar-refractivity contribution in [1.82, 2.24) is 9.88 Å². The first-order valence-corrected chi connectivity index (χ1v) is 7.55. The molecule has 0 aromatic carbocycles. The summed E-state index contributed by atoms with van der Waals surface area (Å²) in [6.07, 6.45) is 0. The van der Waals surface area contributed by atoms with Gasteiger partial charge >= 0.3 is 0 Å². The molecule has 1 aliphatic rings. The number of aryl methyl sites for hydroxylation is 1. The topological polar surface area (TPSA) is 45.2 Å². The second-order valence-corrected chi connectivity index (χ2v) is 6.98. The molecule has 19 heavy (non-hydrogen) atoms. The quantitative estimate of drug-likeness (QED) is 0.903. The van der Waals surface area contributed by atoms with Crippen molar-refractivity contribution in [2.24, 2.45) is 0 Å². The van der Waals surface area contributed by atoms with E-state index in [2.05, 4.69) is 24.1 Å². The third kappa shape index (κ3) is 3.41. The molecule has 1 aromatic heterocycles. The summed E-state index contributed by atoms with van der Waals surface area (Å²) in [7, 11) is 1.82. The van der Waals surface area contributed by atoms with E-state index >= 15 is 0 Å². The van der Waals surface area contributed by atoms with E-state index < -0.39 is 0 Å². The molecular weight excluding hydrogens is 258 g/mol. The second-order valence-electron chi connectivity index (χ2n) is 5.10. The molecule has 0 radical (unpaired) electrons. The standard InChI is InChI=1S/C14H21N3OS/c1-9-5-12(6-13(15-4)16-9)14(18)17-7-10(2)19-11(3)8-17/h5-6,10-11H,7-8H2,1-4H3,(H,15,16). The van der Waals surface area contributed by atoms with Gasteiger partial charge in [0, 0.05) is 41.9 Å². The van der Waals surface area contributed by atoms with Gasteiger partial charge in [-0.1, -0.05) is 13.8 Å². The summed E-state index contributed by atoms with van der Waals surface area (Å²) in [6, 6.07) is 3.69. The minimum Gasteiger partial charge on any atom is -0.373 e. The number of hydrogen-bond acceptors (Lipinski definition) is 4. The molecule has 1 saturated heterocycles. The minimum absolute atomic E-state index is 0.112. The van der Waals surface area contributed by atoms with Gasteiger partial charge in [0.15, 0.2) is 0 Å². The average molecular weight is 279 g/mol. The van der Waals surface area contributed by atoms with Crippen LogP contribution in [0.3, 0.4) is 0 Å². The van der Waals surface area contributed by atoms with Gasteiger partial charge < -0.3 is 10.2 Å². The normalized spacial score (nSPS) is 23.3. The molecule has 0 spiro atoms. The first-order chi connectivity index (χ1) is 8.99. The summed E-state index contributed by atoms with van der Waals surface area (Å²) in [5.41, 5.74) is 1.59. The third-order valence-corrected chi connectivity index (χ3v) is 4.39. The van der Waals surface area contributed by atoms with Crippen molar-refractivity contribution < 1.29 is 4.79 Å². The van der Waals surface area contributed by atoms with Gasteiger partial charge in [-0.15, -0.1) is 0 Å². The predicted octanol–water partition coefficient (Wildman–Crippen LogP) is 2.40. The summed E-state index contributed by atoms with van der Waals surface area (Å²) in [4.78, 5) is 18.9. The SMILES string of the molecule is CNc1cc(C(=O)N2CC(C)SC(C)C2)cc(C)n1. The van der Waals surface area contributed by atoms with Crippen molar-refractivity contribution in [3.8, 4) is 0 Å². The first kappa shape index (κ1) is 14.2. The number of anilines is 1. The summed E-state index contributed by atoms with van der Waals surface area (Å²) in [5, 5.41) is 4.00. The second kappa shape index (κ2) is 5.82. The van der Waals surface area contributed by atoms with Gasteiger partial charge in [0.2, 0.25) is 0 Å². The highest BCUT2D eigenvalue weighted by Gasteiger charge is 2.26. The Labute approximate surface area is 119 Å². The summed E-state index contributed by atoms with van der Waals surface area (Å²) >= 11 is 1.95. The van der Waals surface area contributed by atoms with Crippen LogP contribution in [-0.4, -0.2) is 46.4 Å². The lowest BCUT2D eigenvalue weighted by atomic mass is 10.2. The number of amides is 1. The van der Waals surface area contributed by atoms with Crippen molar-refractivity contribution in [3.05, 3.63) is 23.4 Å². The van der Waals surface area contributed by atoms with Gasteiger partial charge in [-0.05, 0) is 19.1 Å². The predicted molar refractivity (Wildman–Crippen MR) is 80.9 cm³/mol. The monoisotopic (exact) mass is 279 g/mol. The highest BCUT2D eigenvalue weighted by molar-refractivity contribution is 8.00. The highest BCUT2D eigenvalue weighted by atomic mass is 32.2. The summed E-state index contributed by atoms with van der Waals surface area (Å²) in [5.74, 6) is 0.858. The third-order valence-electron chi connectivity index (χ3n) is 3.16. The lowest BCUT2D eigenvalue weighted by Crippen LogP contribution is -2.44. The van der Waals surface area contributed by atoms with E-state index in [1.807, 2.05) is 42.8 Å². The zero-order valence-electron chi connectivity index (χ0n) is 11.9. The molecule has 4 nitrogen and oxygen atoms in total.